The quantitative estimate of drug-likeness (QED) is 0.452. The number of benzene rings is 2. The van der Waals surface area contributed by atoms with Crippen LogP contribution in [0.15, 0.2) is 64.1 Å². The van der Waals surface area contributed by atoms with Gasteiger partial charge in [-0.2, -0.15) is 5.10 Å². The Labute approximate surface area is 166 Å². The van der Waals surface area contributed by atoms with Crippen LogP contribution in [0.2, 0.25) is 10.0 Å². The predicted molar refractivity (Wildman–Crippen MR) is 106 cm³/mol. The van der Waals surface area contributed by atoms with Crippen molar-refractivity contribution in [1.82, 2.24) is 5.43 Å². The summed E-state index contributed by atoms with van der Waals surface area (Å²) in [6.45, 7) is 2.18. The van der Waals surface area contributed by atoms with E-state index in [-0.39, 0.29) is 12.5 Å². The minimum atomic E-state index is -0.337. The molecule has 0 bridgehead atoms. The summed E-state index contributed by atoms with van der Waals surface area (Å²) in [7, 11) is 0. The third-order valence-electron chi connectivity index (χ3n) is 3.66. The van der Waals surface area contributed by atoms with Crippen LogP contribution in [0.3, 0.4) is 0 Å². The van der Waals surface area contributed by atoms with Gasteiger partial charge < -0.3 is 9.15 Å². The Morgan fingerprint density at radius 2 is 1.93 bits per heavy atom. The van der Waals surface area contributed by atoms with Gasteiger partial charge in [-0.25, -0.2) is 5.43 Å². The molecule has 0 saturated heterocycles. The molecule has 0 spiro atoms. The maximum Gasteiger partial charge on any atom is 0.271 e. The molecular weight excluding hydrogens is 387 g/mol. The standard InChI is InChI=1S/C20H16Cl2N2O3/c1-13-10-16(8-9-19(13)22)26-12-18-7-6-17(27-18)11-23-24-20(25)14-2-4-15(21)5-3-14/h2-11H,12H2,1H3,(H,24,25)/b23-11+. The summed E-state index contributed by atoms with van der Waals surface area (Å²) in [5.74, 6) is 1.50. The number of nitrogens with zero attached hydrogens (tertiary/aromatic N) is 1. The minimum absolute atomic E-state index is 0.270. The van der Waals surface area contributed by atoms with Crippen LogP contribution in [-0.4, -0.2) is 12.1 Å². The lowest BCUT2D eigenvalue weighted by Gasteiger charge is -2.05. The molecule has 2 aromatic carbocycles. The van der Waals surface area contributed by atoms with E-state index in [0.717, 1.165) is 5.56 Å². The number of amides is 1. The molecule has 0 aliphatic carbocycles. The lowest BCUT2D eigenvalue weighted by Crippen LogP contribution is -2.17. The summed E-state index contributed by atoms with van der Waals surface area (Å²) in [4.78, 5) is 11.9. The van der Waals surface area contributed by atoms with E-state index >= 15 is 0 Å². The summed E-state index contributed by atoms with van der Waals surface area (Å²) >= 11 is 11.8. The van der Waals surface area contributed by atoms with Gasteiger partial charge in [-0.1, -0.05) is 23.2 Å². The van der Waals surface area contributed by atoms with Crippen LogP contribution >= 0.6 is 23.2 Å². The molecule has 1 aromatic heterocycles. The van der Waals surface area contributed by atoms with Gasteiger partial charge in [0.2, 0.25) is 0 Å². The highest BCUT2D eigenvalue weighted by atomic mass is 35.5. The summed E-state index contributed by atoms with van der Waals surface area (Å²) in [6.07, 6.45) is 1.42. The van der Waals surface area contributed by atoms with Gasteiger partial charge in [-0.3, -0.25) is 4.79 Å². The van der Waals surface area contributed by atoms with E-state index in [2.05, 4.69) is 10.5 Å². The molecule has 3 aromatic rings. The molecule has 0 radical (unpaired) electrons. The third kappa shape index (κ3) is 5.36. The number of rotatable bonds is 6. The number of furan rings is 1. The van der Waals surface area contributed by atoms with E-state index in [1.165, 1.54) is 6.21 Å². The number of hydrazone groups is 1. The Hall–Kier alpha value is -2.76. The van der Waals surface area contributed by atoms with Gasteiger partial charge in [-0.05, 0) is 67.1 Å². The second-order valence-electron chi connectivity index (χ2n) is 5.71. The maximum atomic E-state index is 11.9. The number of aryl methyl sites for hydroxylation is 1. The number of ether oxygens (including phenoxy) is 1. The number of carbonyl (C=O) groups excluding carboxylic acids is 1. The molecule has 1 amide bonds. The van der Waals surface area contributed by atoms with E-state index in [9.17, 15) is 4.79 Å². The van der Waals surface area contributed by atoms with Gasteiger partial charge in [-0.15, -0.1) is 0 Å². The van der Waals surface area contributed by atoms with Crippen LogP contribution in [0.25, 0.3) is 0 Å². The zero-order chi connectivity index (χ0) is 19.2. The molecular formula is C20H16Cl2N2O3. The van der Waals surface area contributed by atoms with Gasteiger partial charge in [0.15, 0.2) is 0 Å². The van der Waals surface area contributed by atoms with Crippen molar-refractivity contribution in [3.63, 3.8) is 0 Å². The molecule has 3 rings (SSSR count). The summed E-state index contributed by atoms with van der Waals surface area (Å²) < 4.78 is 11.3. The van der Waals surface area contributed by atoms with Crippen LogP contribution in [0.4, 0.5) is 0 Å². The molecule has 27 heavy (non-hydrogen) atoms. The molecule has 5 nitrogen and oxygen atoms in total. The maximum absolute atomic E-state index is 11.9. The number of halogens is 2. The number of carbonyl (C=O) groups is 1. The molecule has 0 fully saturated rings. The van der Waals surface area contributed by atoms with E-state index in [0.29, 0.717) is 32.9 Å². The first-order valence-electron chi connectivity index (χ1n) is 8.08. The average Bonchev–Trinajstić information content (AvgIpc) is 3.11. The minimum Gasteiger partial charge on any atom is -0.486 e. The van der Waals surface area contributed by atoms with Crippen molar-refractivity contribution < 1.29 is 13.9 Å². The normalized spacial score (nSPS) is 10.9. The summed E-state index contributed by atoms with van der Waals surface area (Å²) in [6, 6.07) is 15.5. The number of hydrogen-bond donors (Lipinski definition) is 1. The molecule has 0 aliphatic heterocycles. The number of nitrogens with one attached hydrogen (secondary N) is 1. The predicted octanol–water partition coefficient (Wildman–Crippen LogP) is 5.24. The fraction of sp³-hybridized carbons (Fsp3) is 0.100. The molecule has 138 valence electrons. The molecule has 7 heteroatoms. The second-order valence-corrected chi connectivity index (χ2v) is 6.55. The fourth-order valence-corrected chi connectivity index (χ4v) is 2.47. The molecule has 0 saturated carbocycles. The third-order valence-corrected chi connectivity index (χ3v) is 4.33. The monoisotopic (exact) mass is 402 g/mol. The van der Waals surface area contributed by atoms with E-state index < -0.39 is 0 Å². The number of hydrogen-bond acceptors (Lipinski definition) is 4. The van der Waals surface area contributed by atoms with Crippen molar-refractivity contribution in [3.05, 3.63) is 87.3 Å². The Bertz CT molecular complexity index is 966. The first-order valence-corrected chi connectivity index (χ1v) is 8.83. The van der Waals surface area contributed by atoms with Crippen molar-refractivity contribution in [2.75, 3.05) is 0 Å². The van der Waals surface area contributed by atoms with Gasteiger partial charge in [0.1, 0.15) is 23.9 Å². The Kier molecular flexibility index (Phi) is 6.16. The molecule has 1 N–H and O–H groups in total. The summed E-state index contributed by atoms with van der Waals surface area (Å²) in [5, 5.41) is 5.14. The van der Waals surface area contributed by atoms with Crippen molar-refractivity contribution in [1.29, 1.82) is 0 Å². The topological polar surface area (TPSA) is 63.8 Å². The first kappa shape index (κ1) is 19.0. The lowest BCUT2D eigenvalue weighted by molar-refractivity contribution is 0.0955. The molecule has 1 heterocycles. The highest BCUT2D eigenvalue weighted by molar-refractivity contribution is 6.31. The van der Waals surface area contributed by atoms with Gasteiger partial charge in [0, 0.05) is 15.6 Å². The van der Waals surface area contributed by atoms with Crippen LogP contribution in [0.1, 0.15) is 27.4 Å². The average molecular weight is 403 g/mol. The lowest BCUT2D eigenvalue weighted by atomic mass is 10.2. The SMILES string of the molecule is Cc1cc(OCc2ccc(/C=N/NC(=O)c3ccc(Cl)cc3)o2)ccc1Cl. The van der Waals surface area contributed by atoms with Crippen LogP contribution in [-0.2, 0) is 6.61 Å². The van der Waals surface area contributed by atoms with Crippen molar-refractivity contribution in [3.8, 4) is 5.75 Å². The van der Waals surface area contributed by atoms with Gasteiger partial charge >= 0.3 is 0 Å². The summed E-state index contributed by atoms with van der Waals surface area (Å²) in [5.41, 5.74) is 3.83. The molecule has 0 unspecified atom stereocenters. The second kappa shape index (κ2) is 8.75. The first-order chi connectivity index (χ1) is 13.0. The van der Waals surface area contributed by atoms with E-state index in [1.807, 2.05) is 13.0 Å². The zero-order valence-electron chi connectivity index (χ0n) is 14.4. The van der Waals surface area contributed by atoms with Crippen LogP contribution in [0, 0.1) is 6.92 Å². The highest BCUT2D eigenvalue weighted by Crippen LogP contribution is 2.22. The Morgan fingerprint density at radius 1 is 1.15 bits per heavy atom. The Morgan fingerprint density at radius 3 is 2.67 bits per heavy atom. The zero-order valence-corrected chi connectivity index (χ0v) is 15.9. The molecule has 0 aliphatic rings. The van der Waals surface area contributed by atoms with E-state index in [4.69, 9.17) is 32.4 Å². The smallest absolute Gasteiger partial charge is 0.271 e. The Balaban J connectivity index is 1.52. The largest absolute Gasteiger partial charge is 0.486 e. The fourth-order valence-electron chi connectivity index (χ4n) is 2.22. The van der Waals surface area contributed by atoms with Gasteiger partial charge in [0.25, 0.3) is 5.91 Å². The van der Waals surface area contributed by atoms with Crippen LogP contribution < -0.4 is 10.2 Å². The van der Waals surface area contributed by atoms with Crippen LogP contribution in [0.5, 0.6) is 5.75 Å². The van der Waals surface area contributed by atoms with E-state index in [1.54, 1.807) is 48.5 Å². The molecule has 0 atom stereocenters. The highest BCUT2D eigenvalue weighted by Gasteiger charge is 2.05. The van der Waals surface area contributed by atoms with Crippen molar-refractivity contribution >= 4 is 35.3 Å². The van der Waals surface area contributed by atoms with Gasteiger partial charge in [0.05, 0.1) is 6.21 Å². The van der Waals surface area contributed by atoms with Crippen molar-refractivity contribution in [2.24, 2.45) is 5.10 Å². The van der Waals surface area contributed by atoms with Crippen molar-refractivity contribution in [2.45, 2.75) is 13.5 Å².